The number of benzene rings is 2. The lowest BCUT2D eigenvalue weighted by molar-refractivity contribution is -0.140. The molecule has 4 rings (SSSR count). The number of hydrogen-bond donors (Lipinski definition) is 1. The number of rotatable bonds is 2. The Kier molecular flexibility index (Phi) is 2.87. The van der Waals surface area contributed by atoms with Crippen molar-refractivity contribution < 1.29 is 14.7 Å². The maximum atomic E-state index is 12.6. The molecule has 1 heterocycles. The third kappa shape index (κ3) is 1.74. The molecule has 22 heavy (non-hydrogen) atoms. The summed E-state index contributed by atoms with van der Waals surface area (Å²) in [6, 6.07) is 17.3. The first-order chi connectivity index (χ1) is 10.7. The number of ketones is 1. The van der Waals surface area contributed by atoms with E-state index in [1.165, 1.54) is 11.3 Å². The van der Waals surface area contributed by atoms with Gasteiger partial charge < -0.3 is 5.11 Å². The topological polar surface area (TPSA) is 54.4 Å². The lowest BCUT2D eigenvalue weighted by Gasteiger charge is -2.16. The van der Waals surface area contributed by atoms with Gasteiger partial charge in [0.25, 0.3) is 0 Å². The summed E-state index contributed by atoms with van der Waals surface area (Å²) in [4.78, 5) is 24.9. The smallest absolute Gasteiger partial charge is 0.315 e. The number of carboxylic acid groups (broad SMARTS) is 1. The molecule has 1 aromatic heterocycles. The highest BCUT2D eigenvalue weighted by molar-refractivity contribution is 7.21. The molecule has 1 aliphatic rings. The summed E-state index contributed by atoms with van der Waals surface area (Å²) in [5.74, 6) is -2.74. The first-order valence-corrected chi connectivity index (χ1v) is 7.83. The lowest BCUT2D eigenvalue weighted by Crippen LogP contribution is -2.24. The van der Waals surface area contributed by atoms with Crippen LogP contribution in [0.5, 0.6) is 0 Å². The number of carbonyl (C=O) groups is 2. The largest absolute Gasteiger partial charge is 0.481 e. The Morgan fingerprint density at radius 3 is 2.41 bits per heavy atom. The van der Waals surface area contributed by atoms with Crippen molar-refractivity contribution in [2.45, 2.75) is 5.92 Å². The van der Waals surface area contributed by atoms with E-state index in [4.69, 9.17) is 0 Å². The zero-order valence-corrected chi connectivity index (χ0v) is 12.3. The molecule has 0 amide bonds. The van der Waals surface area contributed by atoms with Crippen LogP contribution in [0.2, 0.25) is 0 Å². The van der Waals surface area contributed by atoms with Gasteiger partial charge in [-0.05, 0) is 22.6 Å². The summed E-state index contributed by atoms with van der Waals surface area (Å²) < 4.78 is 1.03. The van der Waals surface area contributed by atoms with Crippen LogP contribution < -0.4 is 0 Å². The Balaban J connectivity index is 2.02. The molecule has 3 aromatic rings. The molecule has 1 N–H and O–H groups in total. The molecule has 0 radical (unpaired) electrons. The molecule has 108 valence electrons. The van der Waals surface area contributed by atoms with E-state index in [2.05, 4.69) is 0 Å². The van der Waals surface area contributed by atoms with Crippen molar-refractivity contribution in [2.24, 2.45) is 5.92 Å². The van der Waals surface area contributed by atoms with Crippen molar-refractivity contribution >= 4 is 33.2 Å². The van der Waals surface area contributed by atoms with Crippen molar-refractivity contribution in [3.63, 3.8) is 0 Å². The minimum absolute atomic E-state index is 0.266. The third-order valence-electron chi connectivity index (χ3n) is 4.21. The van der Waals surface area contributed by atoms with Crippen molar-refractivity contribution in [1.82, 2.24) is 0 Å². The summed E-state index contributed by atoms with van der Waals surface area (Å²) in [6.07, 6.45) is 0. The second-order valence-electron chi connectivity index (χ2n) is 5.41. The SMILES string of the molecule is O=C(O)[C@@H]1C(=O)c2sc3ccccc3c2[C@H]1c1ccccc1. The Hall–Kier alpha value is -2.46. The molecule has 2 aromatic carbocycles. The summed E-state index contributed by atoms with van der Waals surface area (Å²) in [7, 11) is 0. The predicted octanol–water partition coefficient (Wildman–Crippen LogP) is 3.93. The Bertz CT molecular complexity index is 895. The standard InChI is InChI=1S/C18H12O3S/c19-16-15(18(20)21)13(10-6-2-1-3-7-10)14-11-8-4-5-9-12(11)22-17(14)16/h1-9,13,15H,(H,20,21)/t13-,15+/m1/s1. The van der Waals surface area contributed by atoms with Crippen LogP contribution in [0.4, 0.5) is 0 Å². The quantitative estimate of drug-likeness (QED) is 0.730. The minimum Gasteiger partial charge on any atom is -0.481 e. The van der Waals surface area contributed by atoms with Gasteiger partial charge in [-0.25, -0.2) is 0 Å². The van der Waals surface area contributed by atoms with Gasteiger partial charge in [-0.2, -0.15) is 0 Å². The van der Waals surface area contributed by atoms with Crippen LogP contribution in [0.1, 0.15) is 26.7 Å². The van der Waals surface area contributed by atoms with Gasteiger partial charge in [-0.1, -0.05) is 48.5 Å². The van der Waals surface area contributed by atoms with Crippen molar-refractivity contribution in [3.05, 3.63) is 70.6 Å². The number of carboxylic acids is 1. The van der Waals surface area contributed by atoms with Crippen LogP contribution in [0.3, 0.4) is 0 Å². The summed E-state index contributed by atoms with van der Waals surface area (Å²) in [5, 5.41) is 10.6. The maximum Gasteiger partial charge on any atom is 0.315 e. The van der Waals surface area contributed by atoms with Crippen molar-refractivity contribution in [3.8, 4) is 0 Å². The number of carbonyl (C=O) groups excluding carboxylic acids is 1. The van der Waals surface area contributed by atoms with E-state index in [0.29, 0.717) is 4.88 Å². The van der Waals surface area contributed by atoms with E-state index in [1.54, 1.807) is 0 Å². The highest BCUT2D eigenvalue weighted by atomic mass is 32.1. The van der Waals surface area contributed by atoms with Crippen LogP contribution in [0.25, 0.3) is 10.1 Å². The zero-order chi connectivity index (χ0) is 15.3. The molecule has 0 aliphatic heterocycles. The zero-order valence-electron chi connectivity index (χ0n) is 11.5. The van der Waals surface area contributed by atoms with Gasteiger partial charge in [0.1, 0.15) is 5.92 Å². The van der Waals surface area contributed by atoms with Gasteiger partial charge in [-0.3, -0.25) is 9.59 Å². The van der Waals surface area contributed by atoms with Gasteiger partial charge in [-0.15, -0.1) is 11.3 Å². The van der Waals surface area contributed by atoms with Crippen molar-refractivity contribution in [2.75, 3.05) is 0 Å². The predicted molar refractivity (Wildman–Crippen MR) is 85.6 cm³/mol. The summed E-state index contributed by atoms with van der Waals surface area (Å²) >= 11 is 1.40. The fourth-order valence-electron chi connectivity index (χ4n) is 3.29. The lowest BCUT2D eigenvalue weighted by atomic mass is 9.85. The van der Waals surface area contributed by atoms with Gasteiger partial charge in [0, 0.05) is 10.6 Å². The molecular weight excluding hydrogens is 296 g/mol. The average molecular weight is 308 g/mol. The Morgan fingerprint density at radius 2 is 1.68 bits per heavy atom. The van der Waals surface area contributed by atoms with Gasteiger partial charge >= 0.3 is 5.97 Å². The van der Waals surface area contributed by atoms with Gasteiger partial charge in [0.2, 0.25) is 0 Å². The van der Waals surface area contributed by atoms with E-state index < -0.39 is 17.8 Å². The fraction of sp³-hybridized carbons (Fsp3) is 0.111. The molecule has 0 saturated carbocycles. The molecule has 0 saturated heterocycles. The number of Topliss-reactive ketones (excluding diaryl/α,β-unsaturated/α-hetero) is 1. The molecule has 4 heteroatoms. The minimum atomic E-state index is -1.05. The third-order valence-corrected chi connectivity index (χ3v) is 5.41. The molecule has 2 atom stereocenters. The molecule has 0 spiro atoms. The Morgan fingerprint density at radius 1 is 1.00 bits per heavy atom. The molecule has 1 aliphatic carbocycles. The van der Waals surface area contributed by atoms with Crippen molar-refractivity contribution in [1.29, 1.82) is 0 Å². The normalized spacial score (nSPS) is 20.3. The molecule has 3 nitrogen and oxygen atoms in total. The van der Waals surface area contributed by atoms with Crippen LogP contribution in [-0.2, 0) is 4.79 Å². The van der Waals surface area contributed by atoms with Gasteiger partial charge in [0.05, 0.1) is 4.88 Å². The fourth-order valence-corrected chi connectivity index (χ4v) is 4.52. The monoisotopic (exact) mass is 308 g/mol. The second kappa shape index (κ2) is 4.78. The van der Waals surface area contributed by atoms with E-state index in [0.717, 1.165) is 21.2 Å². The number of hydrogen-bond acceptors (Lipinski definition) is 3. The highest BCUT2D eigenvalue weighted by Gasteiger charge is 2.47. The molecule has 0 bridgehead atoms. The van der Waals surface area contributed by atoms with E-state index in [-0.39, 0.29) is 5.78 Å². The highest BCUT2D eigenvalue weighted by Crippen LogP contribution is 2.49. The van der Waals surface area contributed by atoms with E-state index in [1.807, 2.05) is 54.6 Å². The van der Waals surface area contributed by atoms with Crippen LogP contribution >= 0.6 is 11.3 Å². The van der Waals surface area contributed by atoms with Gasteiger partial charge in [0.15, 0.2) is 5.78 Å². The van der Waals surface area contributed by atoms with E-state index in [9.17, 15) is 14.7 Å². The molecular formula is C18H12O3S. The molecule has 0 fully saturated rings. The second-order valence-corrected chi connectivity index (χ2v) is 6.46. The van der Waals surface area contributed by atoms with E-state index >= 15 is 0 Å². The molecule has 0 unspecified atom stereocenters. The number of fused-ring (bicyclic) bond motifs is 3. The Labute approximate surface area is 130 Å². The number of aliphatic carboxylic acids is 1. The summed E-state index contributed by atoms with van der Waals surface area (Å²) in [5.41, 5.74) is 1.76. The van der Waals surface area contributed by atoms with Crippen LogP contribution in [0, 0.1) is 5.92 Å². The number of thiophene rings is 1. The maximum absolute atomic E-state index is 12.6. The van der Waals surface area contributed by atoms with Crippen LogP contribution in [-0.4, -0.2) is 16.9 Å². The van der Waals surface area contributed by atoms with Crippen LogP contribution in [0.15, 0.2) is 54.6 Å². The summed E-state index contributed by atoms with van der Waals surface area (Å²) in [6.45, 7) is 0. The average Bonchev–Trinajstić information content (AvgIpc) is 3.04. The first-order valence-electron chi connectivity index (χ1n) is 7.02. The first kappa shape index (κ1) is 13.2.